The SMILES string of the molecule is CCS[C@H]1O[C@@H]2COC(c3ccccc3)O[C@H]2[C@H](OCc2ccccc2)[C@@H]1O. The summed E-state index contributed by atoms with van der Waals surface area (Å²) in [5, 5.41) is 10.9. The third kappa shape index (κ3) is 4.43. The molecule has 2 aliphatic rings. The molecule has 150 valence electrons. The molecule has 2 aliphatic heterocycles. The molecule has 2 saturated heterocycles. The average molecular weight is 403 g/mol. The fraction of sp³-hybridized carbons (Fsp3) is 0.455. The number of aliphatic hydroxyl groups is 1. The number of aliphatic hydroxyl groups excluding tert-OH is 1. The van der Waals surface area contributed by atoms with E-state index in [4.69, 9.17) is 18.9 Å². The van der Waals surface area contributed by atoms with Gasteiger partial charge in [-0.1, -0.05) is 67.6 Å². The van der Waals surface area contributed by atoms with Gasteiger partial charge in [0.25, 0.3) is 0 Å². The van der Waals surface area contributed by atoms with E-state index in [-0.39, 0.29) is 11.5 Å². The first-order chi connectivity index (χ1) is 13.8. The molecular weight excluding hydrogens is 376 g/mol. The molecule has 0 spiro atoms. The number of rotatable bonds is 6. The summed E-state index contributed by atoms with van der Waals surface area (Å²) in [6.07, 6.45) is -2.42. The van der Waals surface area contributed by atoms with Gasteiger partial charge in [-0.3, -0.25) is 0 Å². The van der Waals surface area contributed by atoms with Crippen LogP contribution in [0.1, 0.15) is 24.3 Å². The summed E-state index contributed by atoms with van der Waals surface area (Å²) in [6.45, 7) is 2.87. The molecule has 0 saturated carbocycles. The van der Waals surface area contributed by atoms with Crippen molar-refractivity contribution in [2.45, 2.75) is 49.7 Å². The van der Waals surface area contributed by atoms with Crippen molar-refractivity contribution in [2.75, 3.05) is 12.4 Å². The van der Waals surface area contributed by atoms with Gasteiger partial charge >= 0.3 is 0 Å². The van der Waals surface area contributed by atoms with E-state index in [1.807, 2.05) is 67.6 Å². The molecular formula is C22H26O5S. The standard InChI is InChI=1S/C22H26O5S/c1-2-28-22-18(23)20(24-13-15-9-5-3-6-10-15)19-17(26-22)14-25-21(27-19)16-11-7-4-8-12-16/h3-12,17-23H,2,13-14H2,1H3/t17-,18+,19-,20-,21?,22-/m1/s1. The number of benzene rings is 2. The van der Waals surface area contributed by atoms with E-state index in [0.29, 0.717) is 13.2 Å². The number of hydrogen-bond acceptors (Lipinski definition) is 6. The summed E-state index contributed by atoms with van der Waals surface area (Å²) in [5.74, 6) is 0.846. The van der Waals surface area contributed by atoms with Crippen molar-refractivity contribution in [1.29, 1.82) is 0 Å². The van der Waals surface area contributed by atoms with E-state index >= 15 is 0 Å². The summed E-state index contributed by atoms with van der Waals surface area (Å²) in [7, 11) is 0. The number of hydrogen-bond donors (Lipinski definition) is 1. The Balaban J connectivity index is 1.52. The second kappa shape index (κ2) is 9.39. The van der Waals surface area contributed by atoms with Crippen LogP contribution in [0, 0.1) is 0 Å². The van der Waals surface area contributed by atoms with Gasteiger partial charge in [0.15, 0.2) is 6.29 Å². The summed E-state index contributed by atoms with van der Waals surface area (Å²) in [4.78, 5) is 0. The van der Waals surface area contributed by atoms with Crippen LogP contribution in [0.5, 0.6) is 0 Å². The minimum absolute atomic E-state index is 0.270. The summed E-state index contributed by atoms with van der Waals surface area (Å²) in [5.41, 5.74) is 1.65. The molecule has 1 unspecified atom stereocenters. The second-order valence-corrected chi connectivity index (χ2v) is 8.30. The third-order valence-electron chi connectivity index (χ3n) is 5.00. The van der Waals surface area contributed by atoms with Gasteiger partial charge in [0.05, 0.1) is 13.2 Å². The van der Waals surface area contributed by atoms with Gasteiger partial charge in [0.2, 0.25) is 0 Å². The number of ether oxygens (including phenoxy) is 4. The first-order valence-corrected chi connectivity index (χ1v) is 10.7. The Labute approximate surface area is 169 Å². The molecule has 0 bridgehead atoms. The Bertz CT molecular complexity index is 728. The van der Waals surface area contributed by atoms with Crippen LogP contribution in [0.25, 0.3) is 0 Å². The van der Waals surface area contributed by atoms with Crippen molar-refractivity contribution in [3.05, 3.63) is 71.8 Å². The van der Waals surface area contributed by atoms with Crippen LogP contribution < -0.4 is 0 Å². The second-order valence-electron chi connectivity index (χ2n) is 6.93. The lowest BCUT2D eigenvalue weighted by molar-refractivity contribution is -0.325. The first kappa shape index (κ1) is 19.9. The van der Waals surface area contributed by atoms with Crippen LogP contribution in [0.3, 0.4) is 0 Å². The molecule has 2 aromatic rings. The molecule has 0 amide bonds. The van der Waals surface area contributed by atoms with Crippen molar-refractivity contribution < 1.29 is 24.1 Å². The zero-order valence-electron chi connectivity index (χ0n) is 15.8. The van der Waals surface area contributed by atoms with Crippen molar-refractivity contribution in [1.82, 2.24) is 0 Å². The zero-order valence-corrected chi connectivity index (χ0v) is 16.7. The minimum atomic E-state index is -0.774. The summed E-state index contributed by atoms with van der Waals surface area (Å²) >= 11 is 1.58. The van der Waals surface area contributed by atoms with Gasteiger partial charge in [-0.25, -0.2) is 0 Å². The fourth-order valence-electron chi connectivity index (χ4n) is 3.60. The highest BCUT2D eigenvalue weighted by Crippen LogP contribution is 2.38. The fourth-order valence-corrected chi connectivity index (χ4v) is 4.50. The van der Waals surface area contributed by atoms with E-state index in [1.165, 1.54) is 0 Å². The molecule has 0 aliphatic carbocycles. The highest BCUT2D eigenvalue weighted by molar-refractivity contribution is 7.99. The van der Waals surface area contributed by atoms with Gasteiger partial charge in [0, 0.05) is 5.56 Å². The van der Waals surface area contributed by atoms with Gasteiger partial charge < -0.3 is 24.1 Å². The molecule has 1 N–H and O–H groups in total. The predicted molar refractivity (Wildman–Crippen MR) is 108 cm³/mol. The highest BCUT2D eigenvalue weighted by Gasteiger charge is 2.50. The van der Waals surface area contributed by atoms with Crippen LogP contribution >= 0.6 is 11.8 Å². The number of thioether (sulfide) groups is 1. The average Bonchev–Trinajstić information content (AvgIpc) is 2.75. The molecule has 2 fully saturated rings. The van der Waals surface area contributed by atoms with E-state index in [9.17, 15) is 5.11 Å². The number of fused-ring (bicyclic) bond motifs is 1. The van der Waals surface area contributed by atoms with Crippen LogP contribution in [-0.2, 0) is 25.6 Å². The largest absolute Gasteiger partial charge is 0.387 e. The Morgan fingerprint density at radius 2 is 1.75 bits per heavy atom. The quantitative estimate of drug-likeness (QED) is 0.798. The maximum atomic E-state index is 10.9. The van der Waals surface area contributed by atoms with Gasteiger partial charge in [-0.2, -0.15) is 0 Å². The lowest BCUT2D eigenvalue weighted by Gasteiger charge is -2.47. The molecule has 6 atom stereocenters. The molecule has 28 heavy (non-hydrogen) atoms. The first-order valence-electron chi connectivity index (χ1n) is 9.69. The summed E-state index contributed by atoms with van der Waals surface area (Å²) < 4.78 is 24.4. The van der Waals surface area contributed by atoms with E-state index in [1.54, 1.807) is 11.8 Å². The van der Waals surface area contributed by atoms with Crippen molar-refractivity contribution in [3.8, 4) is 0 Å². The summed E-state index contributed by atoms with van der Waals surface area (Å²) in [6, 6.07) is 19.8. The van der Waals surface area contributed by atoms with Crippen LogP contribution in [0.15, 0.2) is 60.7 Å². The van der Waals surface area contributed by atoms with Crippen LogP contribution in [0.4, 0.5) is 0 Å². The van der Waals surface area contributed by atoms with Crippen molar-refractivity contribution in [2.24, 2.45) is 0 Å². The van der Waals surface area contributed by atoms with E-state index < -0.39 is 24.6 Å². The molecule has 0 aromatic heterocycles. The third-order valence-corrected chi connectivity index (χ3v) is 6.05. The monoisotopic (exact) mass is 402 g/mol. The topological polar surface area (TPSA) is 57.2 Å². The Hall–Kier alpha value is -1.41. The van der Waals surface area contributed by atoms with Gasteiger partial charge in [-0.05, 0) is 11.3 Å². The molecule has 6 heteroatoms. The smallest absolute Gasteiger partial charge is 0.184 e. The van der Waals surface area contributed by atoms with Crippen LogP contribution in [0.2, 0.25) is 0 Å². The van der Waals surface area contributed by atoms with Crippen molar-refractivity contribution in [3.63, 3.8) is 0 Å². The zero-order chi connectivity index (χ0) is 19.3. The molecule has 2 heterocycles. The maximum absolute atomic E-state index is 10.9. The van der Waals surface area contributed by atoms with E-state index in [2.05, 4.69) is 0 Å². The Kier molecular flexibility index (Phi) is 6.67. The molecule has 5 nitrogen and oxygen atoms in total. The van der Waals surface area contributed by atoms with Gasteiger partial charge in [-0.15, -0.1) is 11.8 Å². The van der Waals surface area contributed by atoms with E-state index in [0.717, 1.165) is 16.9 Å². The highest BCUT2D eigenvalue weighted by atomic mass is 32.2. The molecule has 2 aromatic carbocycles. The van der Waals surface area contributed by atoms with Gasteiger partial charge in [0.1, 0.15) is 29.9 Å². The molecule has 0 radical (unpaired) electrons. The predicted octanol–water partition coefficient (Wildman–Crippen LogP) is 3.52. The Morgan fingerprint density at radius 1 is 1.04 bits per heavy atom. The maximum Gasteiger partial charge on any atom is 0.184 e. The minimum Gasteiger partial charge on any atom is -0.387 e. The normalized spacial score (nSPS) is 32.6. The Morgan fingerprint density at radius 3 is 2.46 bits per heavy atom. The molecule has 4 rings (SSSR count). The lowest BCUT2D eigenvalue weighted by atomic mass is 9.98. The van der Waals surface area contributed by atoms with Crippen LogP contribution in [-0.4, -0.2) is 47.3 Å². The van der Waals surface area contributed by atoms with Crippen molar-refractivity contribution >= 4 is 11.8 Å². The lowest BCUT2D eigenvalue weighted by Crippen LogP contribution is -2.61.